The number of nitrogens with two attached hydrogens (primary N) is 1. The zero-order valence-electron chi connectivity index (χ0n) is 7.83. The van der Waals surface area contributed by atoms with Crippen LogP contribution in [0.4, 0.5) is 0 Å². The highest BCUT2D eigenvalue weighted by Gasteiger charge is 2.39. The van der Waals surface area contributed by atoms with Crippen molar-refractivity contribution >= 4 is 0 Å². The Morgan fingerprint density at radius 3 is 3.00 bits per heavy atom. The first kappa shape index (κ1) is 8.52. The van der Waals surface area contributed by atoms with E-state index in [4.69, 9.17) is 10.5 Å². The predicted octanol–water partition coefficient (Wildman–Crippen LogP) is 1.54. The zero-order valence-corrected chi connectivity index (χ0v) is 7.83. The second kappa shape index (κ2) is 3.35. The Bertz CT molecular complexity index is 154. The van der Waals surface area contributed by atoms with Gasteiger partial charge in [0.25, 0.3) is 0 Å². The van der Waals surface area contributed by atoms with E-state index in [1.807, 2.05) is 0 Å². The van der Waals surface area contributed by atoms with Gasteiger partial charge in [-0.2, -0.15) is 0 Å². The summed E-state index contributed by atoms with van der Waals surface area (Å²) in [5, 5.41) is 0. The van der Waals surface area contributed by atoms with E-state index < -0.39 is 0 Å². The molecule has 0 aromatic rings. The van der Waals surface area contributed by atoms with Crippen LogP contribution in [-0.4, -0.2) is 18.8 Å². The zero-order chi connectivity index (χ0) is 8.55. The molecule has 70 valence electrons. The summed E-state index contributed by atoms with van der Waals surface area (Å²) in [5.41, 5.74) is 5.75. The van der Waals surface area contributed by atoms with Crippen molar-refractivity contribution in [1.29, 1.82) is 0 Å². The van der Waals surface area contributed by atoms with Crippen molar-refractivity contribution in [2.45, 2.75) is 44.8 Å². The second-order valence-corrected chi connectivity index (χ2v) is 4.31. The van der Waals surface area contributed by atoms with Crippen LogP contribution < -0.4 is 5.73 Å². The van der Waals surface area contributed by atoms with Gasteiger partial charge in [0.1, 0.15) is 0 Å². The van der Waals surface area contributed by atoms with Crippen LogP contribution in [-0.2, 0) is 4.74 Å². The van der Waals surface area contributed by atoms with Gasteiger partial charge >= 0.3 is 0 Å². The molecular weight excluding hydrogens is 150 g/mol. The van der Waals surface area contributed by atoms with E-state index in [1.54, 1.807) is 0 Å². The molecule has 2 fully saturated rings. The molecular formula is C10H19NO. The summed E-state index contributed by atoms with van der Waals surface area (Å²) in [5.74, 6) is 1.52. The summed E-state index contributed by atoms with van der Waals surface area (Å²) in [6.45, 7) is 3.04. The fraction of sp³-hybridized carbons (Fsp3) is 1.00. The van der Waals surface area contributed by atoms with Crippen molar-refractivity contribution in [3.05, 3.63) is 0 Å². The topological polar surface area (TPSA) is 35.2 Å². The summed E-state index contributed by atoms with van der Waals surface area (Å²) < 4.78 is 5.84. The highest BCUT2D eigenvalue weighted by atomic mass is 16.5. The molecule has 1 saturated carbocycles. The third-order valence-corrected chi connectivity index (χ3v) is 3.46. The van der Waals surface area contributed by atoms with Crippen molar-refractivity contribution in [2.24, 2.45) is 17.6 Å². The first-order valence-electron chi connectivity index (χ1n) is 5.16. The molecule has 4 atom stereocenters. The fourth-order valence-corrected chi connectivity index (χ4v) is 2.86. The van der Waals surface area contributed by atoms with Crippen LogP contribution in [0.5, 0.6) is 0 Å². The highest BCUT2D eigenvalue weighted by Crippen LogP contribution is 2.40. The van der Waals surface area contributed by atoms with Gasteiger partial charge in [-0.1, -0.05) is 6.42 Å². The first-order chi connectivity index (χ1) is 5.81. The standard InChI is InChI=1S/C10H19NO/c1-7-5-9-8(6-11)3-2-4-10(9)12-7/h7-10H,2-6,11H2,1H3/t7-,8+,9-,10-/m1/s1. The number of hydrogen-bond acceptors (Lipinski definition) is 2. The van der Waals surface area contributed by atoms with Crippen LogP contribution in [0.3, 0.4) is 0 Å². The predicted molar refractivity (Wildman–Crippen MR) is 48.8 cm³/mol. The number of hydrogen-bond donors (Lipinski definition) is 1. The normalized spacial score (nSPS) is 47.5. The van der Waals surface area contributed by atoms with E-state index in [-0.39, 0.29) is 0 Å². The Balaban J connectivity index is 2.02. The molecule has 0 radical (unpaired) electrons. The van der Waals surface area contributed by atoms with Crippen LogP contribution in [0.1, 0.15) is 32.6 Å². The number of ether oxygens (including phenoxy) is 1. The molecule has 2 nitrogen and oxygen atoms in total. The van der Waals surface area contributed by atoms with Crippen molar-refractivity contribution in [3.8, 4) is 0 Å². The monoisotopic (exact) mass is 169 g/mol. The maximum Gasteiger partial charge on any atom is 0.0611 e. The minimum Gasteiger partial charge on any atom is -0.375 e. The lowest BCUT2D eigenvalue weighted by atomic mass is 9.76. The fourth-order valence-electron chi connectivity index (χ4n) is 2.86. The van der Waals surface area contributed by atoms with Crippen LogP contribution >= 0.6 is 0 Å². The molecule has 2 rings (SSSR count). The minimum absolute atomic E-state index is 0.479. The smallest absolute Gasteiger partial charge is 0.0611 e. The maximum atomic E-state index is 5.84. The van der Waals surface area contributed by atoms with Gasteiger partial charge in [0, 0.05) is 0 Å². The van der Waals surface area contributed by atoms with Gasteiger partial charge in [-0.05, 0) is 44.6 Å². The van der Waals surface area contributed by atoms with Crippen molar-refractivity contribution in [3.63, 3.8) is 0 Å². The first-order valence-corrected chi connectivity index (χ1v) is 5.16. The molecule has 0 aromatic heterocycles. The molecule has 12 heavy (non-hydrogen) atoms. The van der Waals surface area contributed by atoms with E-state index in [0.717, 1.165) is 18.4 Å². The maximum absolute atomic E-state index is 5.84. The molecule has 1 aliphatic carbocycles. The second-order valence-electron chi connectivity index (χ2n) is 4.31. The molecule has 2 heteroatoms. The molecule has 0 unspecified atom stereocenters. The van der Waals surface area contributed by atoms with Crippen molar-refractivity contribution in [1.82, 2.24) is 0 Å². The quantitative estimate of drug-likeness (QED) is 0.646. The third kappa shape index (κ3) is 1.38. The van der Waals surface area contributed by atoms with Crippen LogP contribution in [0.15, 0.2) is 0 Å². The Hall–Kier alpha value is -0.0800. The highest BCUT2D eigenvalue weighted by molar-refractivity contribution is 4.89. The van der Waals surface area contributed by atoms with Crippen LogP contribution in [0, 0.1) is 11.8 Å². The van der Waals surface area contributed by atoms with Crippen LogP contribution in [0.25, 0.3) is 0 Å². The van der Waals surface area contributed by atoms with Gasteiger partial charge in [0.2, 0.25) is 0 Å². The molecule has 0 bridgehead atoms. The molecule has 2 N–H and O–H groups in total. The van der Waals surface area contributed by atoms with E-state index in [1.165, 1.54) is 25.7 Å². The summed E-state index contributed by atoms with van der Waals surface area (Å²) in [6.07, 6.45) is 6.18. The summed E-state index contributed by atoms with van der Waals surface area (Å²) in [7, 11) is 0. The molecule has 2 aliphatic rings. The van der Waals surface area contributed by atoms with Gasteiger partial charge in [-0.3, -0.25) is 0 Å². The molecule has 1 aliphatic heterocycles. The molecule has 0 amide bonds. The largest absolute Gasteiger partial charge is 0.375 e. The van der Waals surface area contributed by atoms with Gasteiger partial charge in [0.05, 0.1) is 12.2 Å². The van der Waals surface area contributed by atoms with E-state index in [9.17, 15) is 0 Å². The Labute approximate surface area is 74.5 Å². The Kier molecular flexibility index (Phi) is 2.37. The Morgan fingerprint density at radius 2 is 2.25 bits per heavy atom. The Morgan fingerprint density at radius 1 is 1.42 bits per heavy atom. The third-order valence-electron chi connectivity index (χ3n) is 3.46. The van der Waals surface area contributed by atoms with Gasteiger partial charge in [-0.15, -0.1) is 0 Å². The van der Waals surface area contributed by atoms with E-state index >= 15 is 0 Å². The molecule has 0 spiro atoms. The van der Waals surface area contributed by atoms with Gasteiger partial charge < -0.3 is 10.5 Å². The van der Waals surface area contributed by atoms with Gasteiger partial charge in [-0.25, -0.2) is 0 Å². The minimum atomic E-state index is 0.479. The molecule has 1 heterocycles. The lowest BCUT2D eigenvalue weighted by Gasteiger charge is -2.31. The van der Waals surface area contributed by atoms with Crippen molar-refractivity contribution < 1.29 is 4.74 Å². The van der Waals surface area contributed by atoms with Gasteiger partial charge in [0.15, 0.2) is 0 Å². The summed E-state index contributed by atoms with van der Waals surface area (Å²) in [6, 6.07) is 0. The lowest BCUT2D eigenvalue weighted by molar-refractivity contribution is 0.0143. The average molecular weight is 169 g/mol. The average Bonchev–Trinajstić information content (AvgIpc) is 2.44. The number of rotatable bonds is 1. The van der Waals surface area contributed by atoms with E-state index in [0.29, 0.717) is 12.2 Å². The summed E-state index contributed by atoms with van der Waals surface area (Å²) >= 11 is 0. The van der Waals surface area contributed by atoms with E-state index in [2.05, 4.69) is 6.92 Å². The summed E-state index contributed by atoms with van der Waals surface area (Å²) in [4.78, 5) is 0. The molecule has 1 saturated heterocycles. The van der Waals surface area contributed by atoms with Crippen molar-refractivity contribution in [2.75, 3.05) is 6.54 Å². The SMILES string of the molecule is C[C@@H]1C[C@@H]2[C@H](CN)CCC[C@H]2O1. The molecule has 0 aromatic carbocycles. The number of fused-ring (bicyclic) bond motifs is 1. The van der Waals surface area contributed by atoms with Crippen LogP contribution in [0.2, 0.25) is 0 Å². The lowest BCUT2D eigenvalue weighted by Crippen LogP contribution is -2.33.